The topological polar surface area (TPSA) is 12.9 Å². The summed E-state index contributed by atoms with van der Waals surface area (Å²) in [4.78, 5) is 3.91. The van der Waals surface area contributed by atoms with Gasteiger partial charge in [0.1, 0.15) is 5.82 Å². The van der Waals surface area contributed by atoms with Crippen LogP contribution in [0.4, 0.5) is 4.39 Å². The molecule has 0 N–H and O–H groups in total. The van der Waals surface area contributed by atoms with Crippen molar-refractivity contribution in [3.63, 3.8) is 0 Å². The summed E-state index contributed by atoms with van der Waals surface area (Å²) in [6.07, 6.45) is 1.99. The van der Waals surface area contributed by atoms with Crippen molar-refractivity contribution in [3.8, 4) is 0 Å². The van der Waals surface area contributed by atoms with Crippen LogP contribution in [0.15, 0.2) is 12.3 Å². The second-order valence-corrected chi connectivity index (χ2v) is 3.59. The van der Waals surface area contributed by atoms with Crippen molar-refractivity contribution in [1.82, 2.24) is 4.98 Å². The van der Waals surface area contributed by atoms with Crippen LogP contribution < -0.4 is 0 Å². The molecule has 1 rings (SSSR count). The zero-order valence-corrected chi connectivity index (χ0v) is 9.90. The first-order chi connectivity index (χ1) is 6.59. The smallest absolute Gasteiger partial charge is 0.142 e. The molecule has 0 aliphatic rings. The van der Waals surface area contributed by atoms with E-state index in [0.29, 0.717) is 10.9 Å². The Hall–Kier alpha value is -0.630. The average Bonchev–Trinajstić information content (AvgIpc) is 2.13. The zero-order chi connectivity index (χ0) is 11.1. The number of hydrogen-bond donors (Lipinski definition) is 0. The number of aromatic nitrogens is 1. The van der Waals surface area contributed by atoms with Gasteiger partial charge in [0, 0.05) is 0 Å². The molecule has 80 valence electrons. The highest BCUT2D eigenvalue weighted by Gasteiger charge is 2.05. The number of nitrogens with zero attached hydrogens (tertiary/aromatic N) is 1. The van der Waals surface area contributed by atoms with E-state index >= 15 is 0 Å². The minimum absolute atomic E-state index is 0.382. The predicted molar refractivity (Wildman–Crippen MR) is 59.1 cm³/mol. The van der Waals surface area contributed by atoms with Crippen molar-refractivity contribution in [2.75, 3.05) is 0 Å². The maximum Gasteiger partial charge on any atom is 0.142 e. The largest absolute Gasteiger partial charge is 0.257 e. The van der Waals surface area contributed by atoms with E-state index in [9.17, 15) is 4.39 Å². The summed E-state index contributed by atoms with van der Waals surface area (Å²) in [6.45, 7) is 8.14. The first kappa shape index (κ1) is 13.4. The monoisotopic (exact) mass is 217 g/mol. The Bertz CT molecular complexity index is 274. The van der Waals surface area contributed by atoms with Gasteiger partial charge < -0.3 is 0 Å². The molecule has 0 saturated carbocycles. The fourth-order valence-corrected chi connectivity index (χ4v) is 1.21. The SMILES string of the molecule is CC.CC(C)Cc1ncc(F)cc1Cl. The van der Waals surface area contributed by atoms with Crippen LogP contribution in [0.25, 0.3) is 0 Å². The molecular weight excluding hydrogens is 201 g/mol. The third-order valence-electron chi connectivity index (χ3n) is 1.49. The van der Waals surface area contributed by atoms with Crippen molar-refractivity contribution in [3.05, 3.63) is 28.8 Å². The third-order valence-corrected chi connectivity index (χ3v) is 1.81. The molecule has 14 heavy (non-hydrogen) atoms. The van der Waals surface area contributed by atoms with E-state index in [1.807, 2.05) is 13.8 Å². The molecule has 1 heterocycles. The molecule has 0 atom stereocenters. The van der Waals surface area contributed by atoms with Gasteiger partial charge in [0.05, 0.1) is 16.9 Å². The lowest BCUT2D eigenvalue weighted by Crippen LogP contribution is -1.98. The molecule has 1 aromatic rings. The van der Waals surface area contributed by atoms with E-state index in [-0.39, 0.29) is 5.82 Å². The average molecular weight is 218 g/mol. The molecule has 0 unspecified atom stereocenters. The van der Waals surface area contributed by atoms with Crippen molar-refractivity contribution in [2.45, 2.75) is 34.1 Å². The summed E-state index contributed by atoms with van der Waals surface area (Å²) >= 11 is 5.77. The summed E-state index contributed by atoms with van der Waals surface area (Å²) in [5, 5.41) is 0.420. The molecule has 0 aliphatic carbocycles. The van der Waals surface area contributed by atoms with E-state index in [1.165, 1.54) is 12.3 Å². The fraction of sp³-hybridized carbons (Fsp3) is 0.545. The molecule has 0 radical (unpaired) electrons. The fourth-order valence-electron chi connectivity index (χ4n) is 0.980. The van der Waals surface area contributed by atoms with Gasteiger partial charge in [-0.25, -0.2) is 4.39 Å². The van der Waals surface area contributed by atoms with Crippen LogP contribution in [0.2, 0.25) is 5.02 Å². The number of rotatable bonds is 2. The maximum atomic E-state index is 12.5. The van der Waals surface area contributed by atoms with Crippen LogP contribution in [0, 0.1) is 11.7 Å². The van der Waals surface area contributed by atoms with Crippen LogP contribution in [0.1, 0.15) is 33.4 Å². The zero-order valence-electron chi connectivity index (χ0n) is 9.14. The highest BCUT2D eigenvalue weighted by molar-refractivity contribution is 6.31. The molecular formula is C11H17ClFN. The Morgan fingerprint density at radius 3 is 2.43 bits per heavy atom. The van der Waals surface area contributed by atoms with Gasteiger partial charge in [-0.05, 0) is 18.4 Å². The van der Waals surface area contributed by atoms with E-state index < -0.39 is 0 Å². The Kier molecular flexibility index (Phi) is 6.46. The summed E-state index contributed by atoms with van der Waals surface area (Å²) in [7, 11) is 0. The van der Waals surface area contributed by atoms with Gasteiger partial charge in [-0.15, -0.1) is 0 Å². The third kappa shape index (κ3) is 4.56. The lowest BCUT2D eigenvalue weighted by molar-refractivity contribution is 0.606. The van der Waals surface area contributed by atoms with Crippen molar-refractivity contribution < 1.29 is 4.39 Å². The van der Waals surface area contributed by atoms with Crippen molar-refractivity contribution in [2.24, 2.45) is 5.92 Å². The molecule has 0 saturated heterocycles. The van der Waals surface area contributed by atoms with Gasteiger partial charge in [-0.2, -0.15) is 0 Å². The van der Waals surface area contributed by atoms with Crippen molar-refractivity contribution in [1.29, 1.82) is 0 Å². The molecule has 3 heteroatoms. The molecule has 1 aromatic heterocycles. The maximum absolute atomic E-state index is 12.5. The Labute approximate surface area is 90.3 Å². The lowest BCUT2D eigenvalue weighted by atomic mass is 10.1. The lowest BCUT2D eigenvalue weighted by Gasteiger charge is -2.05. The molecule has 0 spiro atoms. The van der Waals surface area contributed by atoms with Crippen LogP contribution in [-0.2, 0) is 6.42 Å². The molecule has 0 aromatic carbocycles. The number of hydrogen-bond acceptors (Lipinski definition) is 1. The number of halogens is 2. The van der Waals surface area contributed by atoms with Gasteiger partial charge in [0.25, 0.3) is 0 Å². The summed E-state index contributed by atoms with van der Waals surface area (Å²) in [5.41, 5.74) is 0.771. The molecule has 0 fully saturated rings. The summed E-state index contributed by atoms with van der Waals surface area (Å²) < 4.78 is 12.5. The van der Waals surface area contributed by atoms with E-state index in [0.717, 1.165) is 12.1 Å². The van der Waals surface area contributed by atoms with Gasteiger partial charge in [0.15, 0.2) is 0 Å². The number of pyridine rings is 1. The summed E-state index contributed by atoms with van der Waals surface area (Å²) in [6, 6.07) is 1.30. The van der Waals surface area contributed by atoms with Gasteiger partial charge in [0.2, 0.25) is 0 Å². The molecule has 1 nitrogen and oxygen atoms in total. The molecule has 0 amide bonds. The standard InChI is InChI=1S/C9H11ClFN.C2H6/c1-6(2)3-9-8(10)4-7(11)5-12-9;1-2/h4-6H,3H2,1-2H3;1-2H3. The van der Waals surface area contributed by atoms with Crippen LogP contribution in [0.5, 0.6) is 0 Å². The molecule has 0 aliphatic heterocycles. The van der Waals surface area contributed by atoms with Gasteiger partial charge in [-0.1, -0.05) is 39.3 Å². The highest BCUT2D eigenvalue weighted by Crippen LogP contribution is 2.17. The van der Waals surface area contributed by atoms with Crippen molar-refractivity contribution >= 4 is 11.6 Å². The second-order valence-electron chi connectivity index (χ2n) is 3.18. The first-order valence-corrected chi connectivity index (χ1v) is 5.27. The van der Waals surface area contributed by atoms with Crippen LogP contribution in [-0.4, -0.2) is 4.98 Å². The first-order valence-electron chi connectivity index (χ1n) is 4.89. The van der Waals surface area contributed by atoms with E-state index in [2.05, 4.69) is 18.8 Å². The quantitative estimate of drug-likeness (QED) is 0.727. The Balaban J connectivity index is 0.000000791. The normalized spacial score (nSPS) is 9.64. The van der Waals surface area contributed by atoms with Gasteiger partial charge in [-0.3, -0.25) is 4.98 Å². The minimum atomic E-state index is -0.382. The Morgan fingerprint density at radius 1 is 1.43 bits per heavy atom. The van der Waals surface area contributed by atoms with Gasteiger partial charge >= 0.3 is 0 Å². The minimum Gasteiger partial charge on any atom is -0.257 e. The Morgan fingerprint density at radius 2 is 2.00 bits per heavy atom. The van der Waals surface area contributed by atoms with E-state index in [1.54, 1.807) is 0 Å². The molecule has 0 bridgehead atoms. The van der Waals surface area contributed by atoms with Crippen LogP contribution >= 0.6 is 11.6 Å². The van der Waals surface area contributed by atoms with E-state index in [4.69, 9.17) is 11.6 Å². The predicted octanol–water partition coefficient (Wildman–Crippen LogP) is 4.10. The second kappa shape index (κ2) is 6.77. The van der Waals surface area contributed by atoms with Crippen LogP contribution in [0.3, 0.4) is 0 Å². The highest BCUT2D eigenvalue weighted by atomic mass is 35.5. The summed E-state index contributed by atoms with van der Waals surface area (Å²) in [5.74, 6) is 0.105.